The van der Waals surface area contributed by atoms with E-state index in [9.17, 15) is 9.59 Å². The van der Waals surface area contributed by atoms with Crippen LogP contribution in [-0.4, -0.2) is 32.6 Å². The number of hydrogen-bond acceptors (Lipinski definition) is 4. The Morgan fingerprint density at radius 1 is 1.00 bits per heavy atom. The highest BCUT2D eigenvalue weighted by molar-refractivity contribution is 6.39. The van der Waals surface area contributed by atoms with E-state index in [1.807, 2.05) is 31.2 Å². The third-order valence-electron chi connectivity index (χ3n) is 3.82. The van der Waals surface area contributed by atoms with Crippen molar-refractivity contribution in [1.29, 1.82) is 0 Å². The van der Waals surface area contributed by atoms with E-state index in [4.69, 9.17) is 9.47 Å². The molecule has 0 fully saturated rings. The highest BCUT2D eigenvalue weighted by Gasteiger charge is 2.18. The SMILES string of the molecule is COc1ccc(NC(=O)C(=O)NCC(OC)c2ccccc2C)cc1. The van der Waals surface area contributed by atoms with Crippen LogP contribution in [0.1, 0.15) is 17.2 Å². The van der Waals surface area contributed by atoms with Crippen molar-refractivity contribution in [2.45, 2.75) is 13.0 Å². The number of benzene rings is 2. The molecule has 6 heteroatoms. The number of ether oxygens (including phenoxy) is 2. The molecule has 0 bridgehead atoms. The Bertz CT molecular complexity index is 728. The summed E-state index contributed by atoms with van der Waals surface area (Å²) >= 11 is 0. The van der Waals surface area contributed by atoms with Crippen molar-refractivity contribution in [3.63, 3.8) is 0 Å². The molecule has 1 atom stereocenters. The first-order valence-electron chi connectivity index (χ1n) is 7.86. The Balaban J connectivity index is 1.91. The third-order valence-corrected chi connectivity index (χ3v) is 3.82. The van der Waals surface area contributed by atoms with Crippen LogP contribution < -0.4 is 15.4 Å². The van der Waals surface area contributed by atoms with Gasteiger partial charge in [-0.2, -0.15) is 0 Å². The van der Waals surface area contributed by atoms with Gasteiger partial charge in [-0.25, -0.2) is 0 Å². The monoisotopic (exact) mass is 342 g/mol. The van der Waals surface area contributed by atoms with Crippen molar-refractivity contribution in [1.82, 2.24) is 5.32 Å². The van der Waals surface area contributed by atoms with E-state index < -0.39 is 11.8 Å². The molecule has 2 aromatic carbocycles. The summed E-state index contributed by atoms with van der Waals surface area (Å²) < 4.78 is 10.5. The Morgan fingerprint density at radius 2 is 1.68 bits per heavy atom. The molecule has 0 aliphatic rings. The second-order valence-corrected chi connectivity index (χ2v) is 5.47. The molecule has 1 unspecified atom stereocenters. The molecule has 0 spiro atoms. The number of anilines is 1. The molecule has 2 aromatic rings. The fraction of sp³-hybridized carbons (Fsp3) is 0.263. The summed E-state index contributed by atoms with van der Waals surface area (Å²) in [6.45, 7) is 2.18. The van der Waals surface area contributed by atoms with Crippen LogP contribution in [0.3, 0.4) is 0 Å². The third kappa shape index (κ3) is 5.06. The standard InChI is InChI=1S/C19H22N2O4/c1-13-6-4-5-7-16(13)17(25-3)12-20-18(22)19(23)21-14-8-10-15(24-2)11-9-14/h4-11,17H,12H2,1-3H3,(H,20,22)(H,21,23). The van der Waals surface area contributed by atoms with Crippen LogP contribution in [0.4, 0.5) is 5.69 Å². The molecule has 0 saturated heterocycles. The van der Waals surface area contributed by atoms with Gasteiger partial charge < -0.3 is 20.1 Å². The molecule has 25 heavy (non-hydrogen) atoms. The maximum absolute atomic E-state index is 12.0. The number of carbonyl (C=O) groups is 2. The van der Waals surface area contributed by atoms with Gasteiger partial charge in [-0.3, -0.25) is 9.59 Å². The normalized spacial score (nSPS) is 11.5. The molecule has 0 aliphatic heterocycles. The first-order chi connectivity index (χ1) is 12.0. The summed E-state index contributed by atoms with van der Waals surface area (Å²) in [7, 11) is 3.13. The average molecular weight is 342 g/mol. The van der Waals surface area contributed by atoms with Gasteiger partial charge in [0.1, 0.15) is 5.75 Å². The molecule has 0 saturated carbocycles. The molecule has 0 radical (unpaired) electrons. The Labute approximate surface area is 147 Å². The van der Waals surface area contributed by atoms with Crippen molar-refractivity contribution in [2.75, 3.05) is 26.1 Å². The number of hydrogen-bond donors (Lipinski definition) is 2. The van der Waals surface area contributed by atoms with Crippen LogP contribution in [0, 0.1) is 6.92 Å². The Kier molecular flexibility index (Phi) is 6.54. The van der Waals surface area contributed by atoms with E-state index >= 15 is 0 Å². The quantitative estimate of drug-likeness (QED) is 0.791. The van der Waals surface area contributed by atoms with Gasteiger partial charge in [0.15, 0.2) is 0 Å². The summed E-state index contributed by atoms with van der Waals surface area (Å²) in [5.41, 5.74) is 2.55. The predicted octanol–water partition coefficient (Wildman–Crippen LogP) is 2.45. The minimum Gasteiger partial charge on any atom is -0.497 e. The largest absolute Gasteiger partial charge is 0.497 e. The number of nitrogens with one attached hydrogen (secondary N) is 2. The highest BCUT2D eigenvalue weighted by Crippen LogP contribution is 2.19. The van der Waals surface area contributed by atoms with Gasteiger partial charge in [0.05, 0.1) is 13.2 Å². The van der Waals surface area contributed by atoms with Crippen molar-refractivity contribution in [2.24, 2.45) is 0 Å². The molecule has 6 nitrogen and oxygen atoms in total. The summed E-state index contributed by atoms with van der Waals surface area (Å²) in [6.07, 6.45) is -0.320. The van der Waals surface area contributed by atoms with Crippen molar-refractivity contribution in [3.8, 4) is 5.75 Å². The van der Waals surface area contributed by atoms with Crippen LogP contribution in [0.25, 0.3) is 0 Å². The molecule has 132 valence electrons. The number of amides is 2. The van der Waals surface area contributed by atoms with Crippen LogP contribution in [0.5, 0.6) is 5.75 Å². The lowest BCUT2D eigenvalue weighted by Crippen LogP contribution is -2.38. The highest BCUT2D eigenvalue weighted by atomic mass is 16.5. The topological polar surface area (TPSA) is 76.7 Å². The summed E-state index contributed by atoms with van der Waals surface area (Å²) in [4.78, 5) is 24.0. The van der Waals surface area contributed by atoms with Gasteiger partial charge in [0.25, 0.3) is 0 Å². The van der Waals surface area contributed by atoms with Gasteiger partial charge >= 0.3 is 11.8 Å². The lowest BCUT2D eigenvalue weighted by molar-refractivity contribution is -0.136. The lowest BCUT2D eigenvalue weighted by atomic mass is 10.0. The van der Waals surface area contributed by atoms with Crippen LogP contribution >= 0.6 is 0 Å². The molecule has 0 aliphatic carbocycles. The fourth-order valence-corrected chi connectivity index (χ4v) is 2.40. The van der Waals surface area contributed by atoms with Gasteiger partial charge in [0.2, 0.25) is 0 Å². The van der Waals surface area contributed by atoms with Gasteiger partial charge in [-0.1, -0.05) is 24.3 Å². The second-order valence-electron chi connectivity index (χ2n) is 5.47. The van der Waals surface area contributed by atoms with Crippen molar-refractivity contribution >= 4 is 17.5 Å². The minimum absolute atomic E-state index is 0.205. The van der Waals surface area contributed by atoms with E-state index in [2.05, 4.69) is 10.6 Å². The maximum atomic E-state index is 12.0. The number of rotatable bonds is 6. The first-order valence-corrected chi connectivity index (χ1v) is 7.86. The fourth-order valence-electron chi connectivity index (χ4n) is 2.40. The lowest BCUT2D eigenvalue weighted by Gasteiger charge is -2.18. The zero-order chi connectivity index (χ0) is 18.2. The van der Waals surface area contributed by atoms with Crippen molar-refractivity contribution in [3.05, 3.63) is 59.7 Å². The molecule has 2 rings (SSSR count). The summed E-state index contributed by atoms with van der Waals surface area (Å²) in [5, 5.41) is 5.14. The van der Waals surface area contributed by atoms with Gasteiger partial charge in [-0.15, -0.1) is 0 Å². The summed E-state index contributed by atoms with van der Waals surface area (Å²) in [5.74, 6) is -0.778. The van der Waals surface area contributed by atoms with E-state index in [0.29, 0.717) is 11.4 Å². The van der Waals surface area contributed by atoms with Gasteiger partial charge in [0, 0.05) is 19.3 Å². The zero-order valence-electron chi connectivity index (χ0n) is 14.5. The van der Waals surface area contributed by atoms with Crippen LogP contribution in [0.15, 0.2) is 48.5 Å². The number of aryl methyl sites for hydroxylation is 1. The van der Waals surface area contributed by atoms with E-state index in [0.717, 1.165) is 11.1 Å². The molecule has 2 amide bonds. The van der Waals surface area contributed by atoms with Crippen molar-refractivity contribution < 1.29 is 19.1 Å². The maximum Gasteiger partial charge on any atom is 0.313 e. The predicted molar refractivity (Wildman–Crippen MR) is 95.6 cm³/mol. The molecule has 2 N–H and O–H groups in total. The molecular weight excluding hydrogens is 320 g/mol. The average Bonchev–Trinajstić information content (AvgIpc) is 2.64. The molecule has 0 heterocycles. The zero-order valence-corrected chi connectivity index (χ0v) is 14.5. The minimum atomic E-state index is -0.732. The second kappa shape index (κ2) is 8.84. The first kappa shape index (κ1) is 18.5. The van der Waals surface area contributed by atoms with E-state index in [-0.39, 0.29) is 12.6 Å². The number of carbonyl (C=O) groups excluding carboxylic acids is 2. The summed E-state index contributed by atoms with van der Waals surface area (Å²) in [6, 6.07) is 14.5. The number of methoxy groups -OCH3 is 2. The van der Waals surface area contributed by atoms with Crippen LogP contribution in [0.2, 0.25) is 0 Å². The van der Waals surface area contributed by atoms with E-state index in [1.54, 1.807) is 38.5 Å². The van der Waals surface area contributed by atoms with Crippen LogP contribution in [-0.2, 0) is 14.3 Å². The molecular formula is C19H22N2O4. The van der Waals surface area contributed by atoms with Gasteiger partial charge in [-0.05, 0) is 42.3 Å². The Morgan fingerprint density at radius 3 is 2.28 bits per heavy atom. The Hall–Kier alpha value is -2.86. The van der Waals surface area contributed by atoms with E-state index in [1.165, 1.54) is 0 Å². The molecule has 0 aromatic heterocycles. The smallest absolute Gasteiger partial charge is 0.313 e.